The Bertz CT molecular complexity index is 665. The van der Waals surface area contributed by atoms with Crippen molar-refractivity contribution in [3.8, 4) is 17.1 Å². The van der Waals surface area contributed by atoms with Gasteiger partial charge in [0, 0.05) is 23.3 Å². The molecule has 3 rings (SSSR count). The molecule has 3 heterocycles. The summed E-state index contributed by atoms with van der Waals surface area (Å²) < 4.78 is 7.60. The summed E-state index contributed by atoms with van der Waals surface area (Å²) in [6, 6.07) is 5.93. The molecular formula is C14H14N4OS. The number of nitrogen functional groups attached to an aromatic ring is 1. The molecule has 0 aliphatic carbocycles. The van der Waals surface area contributed by atoms with Gasteiger partial charge in [-0.05, 0) is 23.6 Å². The van der Waals surface area contributed by atoms with Gasteiger partial charge in [-0.15, -0.1) is 0 Å². The third kappa shape index (κ3) is 2.80. The van der Waals surface area contributed by atoms with Gasteiger partial charge in [-0.1, -0.05) is 0 Å². The molecule has 0 aliphatic heterocycles. The van der Waals surface area contributed by atoms with Gasteiger partial charge in [0.05, 0.1) is 12.7 Å². The number of ether oxygens (including phenoxy) is 1. The number of hydrogen-bond donors (Lipinski definition) is 1. The van der Waals surface area contributed by atoms with Gasteiger partial charge in [0.15, 0.2) is 5.82 Å². The van der Waals surface area contributed by atoms with Crippen LogP contribution in [0.3, 0.4) is 0 Å². The zero-order valence-electron chi connectivity index (χ0n) is 10.8. The fourth-order valence-electron chi connectivity index (χ4n) is 1.85. The van der Waals surface area contributed by atoms with E-state index >= 15 is 0 Å². The molecule has 0 unspecified atom stereocenters. The number of aromatic nitrogens is 3. The molecule has 0 radical (unpaired) electrons. The summed E-state index contributed by atoms with van der Waals surface area (Å²) in [6.45, 7) is 1.29. The van der Waals surface area contributed by atoms with Gasteiger partial charge >= 0.3 is 0 Å². The monoisotopic (exact) mass is 286 g/mol. The van der Waals surface area contributed by atoms with Crippen molar-refractivity contribution in [1.29, 1.82) is 0 Å². The molecule has 0 aromatic carbocycles. The SMILES string of the molecule is Nc1nc(OCCn2cccc2)cnc1-c1ccsc1. The summed E-state index contributed by atoms with van der Waals surface area (Å²) in [6.07, 6.45) is 5.59. The Morgan fingerprint density at radius 2 is 2.15 bits per heavy atom. The summed E-state index contributed by atoms with van der Waals surface area (Å²) in [5, 5.41) is 3.98. The van der Waals surface area contributed by atoms with Gasteiger partial charge in [-0.2, -0.15) is 16.3 Å². The molecular weight excluding hydrogens is 272 g/mol. The molecule has 0 amide bonds. The zero-order valence-corrected chi connectivity index (χ0v) is 11.6. The first kappa shape index (κ1) is 12.7. The lowest BCUT2D eigenvalue weighted by atomic mass is 10.2. The Morgan fingerprint density at radius 1 is 1.30 bits per heavy atom. The van der Waals surface area contributed by atoms with Crippen molar-refractivity contribution in [2.24, 2.45) is 0 Å². The molecule has 0 saturated carbocycles. The highest BCUT2D eigenvalue weighted by Gasteiger charge is 2.08. The standard InChI is InChI=1S/C14H14N4OS/c15-14-13(11-3-8-20-10-11)16-9-12(17-14)19-7-6-18-4-1-2-5-18/h1-5,8-10H,6-7H2,(H2,15,17). The lowest BCUT2D eigenvalue weighted by Crippen LogP contribution is -2.08. The number of nitrogens with two attached hydrogens (primary N) is 1. The molecule has 6 heteroatoms. The van der Waals surface area contributed by atoms with Gasteiger partial charge in [0.25, 0.3) is 0 Å². The number of nitrogens with zero attached hydrogens (tertiary/aromatic N) is 3. The quantitative estimate of drug-likeness (QED) is 0.783. The van der Waals surface area contributed by atoms with Crippen LogP contribution in [-0.2, 0) is 6.54 Å². The van der Waals surface area contributed by atoms with Gasteiger partial charge in [-0.25, -0.2) is 4.98 Å². The Hall–Kier alpha value is -2.34. The van der Waals surface area contributed by atoms with E-state index in [1.54, 1.807) is 17.5 Å². The van der Waals surface area contributed by atoms with Crippen molar-refractivity contribution in [2.75, 3.05) is 12.3 Å². The average Bonchev–Trinajstić information content (AvgIpc) is 3.11. The maximum absolute atomic E-state index is 5.92. The number of hydrogen-bond acceptors (Lipinski definition) is 5. The first-order valence-electron chi connectivity index (χ1n) is 6.21. The fraction of sp³-hybridized carbons (Fsp3) is 0.143. The van der Waals surface area contributed by atoms with Gasteiger partial charge in [-0.3, -0.25) is 0 Å². The average molecular weight is 286 g/mol. The van der Waals surface area contributed by atoms with Crippen LogP contribution in [0.4, 0.5) is 5.82 Å². The maximum Gasteiger partial charge on any atom is 0.234 e. The molecule has 0 saturated heterocycles. The van der Waals surface area contributed by atoms with Crippen LogP contribution in [0.5, 0.6) is 5.88 Å². The number of rotatable bonds is 5. The summed E-state index contributed by atoms with van der Waals surface area (Å²) in [4.78, 5) is 8.56. The largest absolute Gasteiger partial charge is 0.475 e. The summed E-state index contributed by atoms with van der Waals surface area (Å²) >= 11 is 1.60. The van der Waals surface area contributed by atoms with Crippen LogP contribution >= 0.6 is 11.3 Å². The van der Waals surface area contributed by atoms with Crippen molar-refractivity contribution in [3.63, 3.8) is 0 Å². The predicted molar refractivity (Wildman–Crippen MR) is 79.7 cm³/mol. The van der Waals surface area contributed by atoms with Crippen molar-refractivity contribution in [3.05, 3.63) is 47.5 Å². The highest BCUT2D eigenvalue weighted by atomic mass is 32.1. The summed E-state index contributed by atoms with van der Waals surface area (Å²) in [5.41, 5.74) is 7.61. The zero-order chi connectivity index (χ0) is 13.8. The minimum atomic E-state index is 0.391. The first-order chi connectivity index (χ1) is 9.83. The van der Waals surface area contributed by atoms with Crippen LogP contribution in [0.15, 0.2) is 47.5 Å². The molecule has 0 atom stereocenters. The lowest BCUT2D eigenvalue weighted by molar-refractivity contribution is 0.287. The second-order valence-corrected chi connectivity index (χ2v) is 5.00. The molecule has 102 valence electrons. The molecule has 0 aliphatic rings. The van der Waals surface area contributed by atoms with Crippen molar-refractivity contribution in [2.45, 2.75) is 6.54 Å². The predicted octanol–water partition coefficient (Wildman–Crippen LogP) is 2.67. The molecule has 0 bridgehead atoms. The van der Waals surface area contributed by atoms with E-state index in [9.17, 15) is 0 Å². The van der Waals surface area contributed by atoms with Gasteiger partial charge in [0.1, 0.15) is 12.3 Å². The van der Waals surface area contributed by atoms with E-state index in [-0.39, 0.29) is 0 Å². The van der Waals surface area contributed by atoms with Crippen molar-refractivity contribution < 1.29 is 4.74 Å². The van der Waals surface area contributed by atoms with Crippen LogP contribution < -0.4 is 10.5 Å². The summed E-state index contributed by atoms with van der Waals surface area (Å²) in [7, 11) is 0. The van der Waals surface area contributed by atoms with E-state index in [1.165, 1.54) is 0 Å². The Labute approximate surface area is 120 Å². The van der Waals surface area contributed by atoms with E-state index in [0.717, 1.165) is 12.1 Å². The molecule has 3 aromatic rings. The second-order valence-electron chi connectivity index (χ2n) is 4.22. The first-order valence-corrected chi connectivity index (χ1v) is 7.16. The Morgan fingerprint density at radius 3 is 2.85 bits per heavy atom. The van der Waals surface area contributed by atoms with Crippen molar-refractivity contribution in [1.82, 2.24) is 14.5 Å². The van der Waals surface area contributed by atoms with Crippen LogP contribution in [0, 0.1) is 0 Å². The van der Waals surface area contributed by atoms with E-state index in [1.807, 2.05) is 45.9 Å². The Balaban J connectivity index is 1.65. The van der Waals surface area contributed by atoms with Gasteiger partial charge in [0.2, 0.25) is 5.88 Å². The fourth-order valence-corrected chi connectivity index (χ4v) is 2.49. The molecule has 3 aromatic heterocycles. The minimum absolute atomic E-state index is 0.391. The van der Waals surface area contributed by atoms with E-state index in [0.29, 0.717) is 24.0 Å². The van der Waals surface area contributed by atoms with E-state index < -0.39 is 0 Å². The molecule has 0 fully saturated rings. The normalized spacial score (nSPS) is 10.6. The van der Waals surface area contributed by atoms with E-state index in [4.69, 9.17) is 10.5 Å². The molecule has 5 nitrogen and oxygen atoms in total. The minimum Gasteiger partial charge on any atom is -0.475 e. The van der Waals surface area contributed by atoms with Crippen molar-refractivity contribution >= 4 is 17.2 Å². The van der Waals surface area contributed by atoms with E-state index in [2.05, 4.69) is 9.97 Å². The highest BCUT2D eigenvalue weighted by molar-refractivity contribution is 7.08. The third-order valence-electron chi connectivity index (χ3n) is 2.84. The molecule has 2 N–H and O–H groups in total. The van der Waals surface area contributed by atoms with Crippen LogP contribution in [0.25, 0.3) is 11.3 Å². The number of anilines is 1. The Kier molecular flexibility index (Phi) is 3.64. The van der Waals surface area contributed by atoms with Crippen LogP contribution in [0.1, 0.15) is 0 Å². The maximum atomic E-state index is 5.92. The molecule has 20 heavy (non-hydrogen) atoms. The smallest absolute Gasteiger partial charge is 0.234 e. The topological polar surface area (TPSA) is 66.0 Å². The molecule has 0 spiro atoms. The van der Waals surface area contributed by atoms with Crippen LogP contribution in [-0.4, -0.2) is 21.1 Å². The third-order valence-corrected chi connectivity index (χ3v) is 3.52. The second kappa shape index (κ2) is 5.75. The highest BCUT2D eigenvalue weighted by Crippen LogP contribution is 2.25. The number of thiophene rings is 1. The van der Waals surface area contributed by atoms with Gasteiger partial charge < -0.3 is 15.0 Å². The lowest BCUT2D eigenvalue weighted by Gasteiger charge is -2.08. The summed E-state index contributed by atoms with van der Waals surface area (Å²) in [5.74, 6) is 0.843. The van der Waals surface area contributed by atoms with Crippen LogP contribution in [0.2, 0.25) is 0 Å².